The molecule has 0 heterocycles. The van der Waals surface area contributed by atoms with E-state index in [-0.39, 0.29) is 6.29 Å². The molecule has 7 nitrogen and oxygen atoms in total. The van der Waals surface area contributed by atoms with Crippen LogP contribution in [0.3, 0.4) is 0 Å². The molecule has 7 heteroatoms. The summed E-state index contributed by atoms with van der Waals surface area (Å²) in [5.41, 5.74) is 0. The van der Waals surface area contributed by atoms with Gasteiger partial charge in [0.2, 0.25) is 0 Å². The lowest BCUT2D eigenvalue weighted by Crippen LogP contribution is -2.40. The van der Waals surface area contributed by atoms with Gasteiger partial charge >= 0.3 is 0 Å². The maximum atomic E-state index is 9.76. The number of hydrogen-bond acceptors (Lipinski definition) is 7. The highest BCUT2D eigenvalue weighted by Gasteiger charge is 2.22. The third-order valence-corrected chi connectivity index (χ3v) is 1.77. The van der Waals surface area contributed by atoms with Crippen molar-refractivity contribution < 1.29 is 35.4 Å². The topological polar surface area (TPSA) is 138 Å². The zero-order chi connectivity index (χ0) is 13.3. The summed E-state index contributed by atoms with van der Waals surface area (Å²) in [4.78, 5) is 9.76. The molecule has 0 amide bonds. The highest BCUT2D eigenvalue weighted by atomic mass is 16.4. The lowest BCUT2D eigenvalue weighted by atomic mass is 10.1. The molecule has 0 rings (SSSR count). The molecular formula is C9H20O7. The molecule has 0 radical (unpaired) electrons. The molecule has 0 spiro atoms. The second-order valence-corrected chi connectivity index (χ2v) is 3.35. The van der Waals surface area contributed by atoms with Gasteiger partial charge in [-0.1, -0.05) is 0 Å². The Labute approximate surface area is 93.6 Å². The fourth-order valence-electron chi connectivity index (χ4n) is 0.416. The number of hydrogen-bond donors (Lipinski definition) is 6. The van der Waals surface area contributed by atoms with Crippen LogP contribution in [-0.2, 0) is 4.79 Å². The molecule has 98 valence electrons. The maximum Gasteiger partial charge on any atom is 0.151 e. The van der Waals surface area contributed by atoms with Crippen LogP contribution >= 0.6 is 0 Å². The maximum absolute atomic E-state index is 9.76. The largest absolute Gasteiger partial charge is 0.394 e. The van der Waals surface area contributed by atoms with Crippen LogP contribution in [0.1, 0.15) is 13.8 Å². The molecule has 5 atom stereocenters. The first-order chi connectivity index (χ1) is 7.27. The van der Waals surface area contributed by atoms with Gasteiger partial charge in [-0.3, -0.25) is 0 Å². The summed E-state index contributed by atoms with van der Waals surface area (Å²) < 4.78 is 0. The molecule has 0 aromatic rings. The van der Waals surface area contributed by atoms with Crippen molar-refractivity contribution in [3.05, 3.63) is 0 Å². The van der Waals surface area contributed by atoms with E-state index in [4.69, 9.17) is 30.6 Å². The third kappa shape index (κ3) is 8.72. The average Bonchev–Trinajstić information content (AvgIpc) is 2.26. The number of carbonyl (C=O) groups excluding carboxylic acids is 1. The highest BCUT2D eigenvalue weighted by Crippen LogP contribution is 1.96. The molecule has 0 fully saturated rings. The van der Waals surface area contributed by atoms with E-state index in [1.807, 2.05) is 0 Å². The molecule has 0 bridgehead atoms. The Morgan fingerprint density at radius 2 is 1.38 bits per heavy atom. The van der Waals surface area contributed by atoms with Crippen molar-refractivity contribution in [3.8, 4) is 0 Å². The van der Waals surface area contributed by atoms with E-state index in [1.54, 1.807) is 13.8 Å². The minimum atomic E-state index is -1.64. The third-order valence-electron chi connectivity index (χ3n) is 1.77. The van der Waals surface area contributed by atoms with Gasteiger partial charge in [-0.25, -0.2) is 0 Å². The van der Waals surface area contributed by atoms with Crippen molar-refractivity contribution in [2.24, 2.45) is 0 Å². The second kappa shape index (κ2) is 9.64. The first-order valence-corrected chi connectivity index (χ1v) is 4.74. The smallest absolute Gasteiger partial charge is 0.151 e. The van der Waals surface area contributed by atoms with E-state index in [0.29, 0.717) is 0 Å². The molecule has 0 saturated heterocycles. The first kappa shape index (κ1) is 17.8. The van der Waals surface area contributed by atoms with E-state index in [1.165, 1.54) is 0 Å². The van der Waals surface area contributed by atoms with Gasteiger partial charge in [0.1, 0.15) is 18.3 Å². The van der Waals surface area contributed by atoms with Crippen LogP contribution in [0.2, 0.25) is 0 Å². The van der Waals surface area contributed by atoms with Crippen LogP contribution in [0, 0.1) is 0 Å². The number of aliphatic hydroxyl groups is 6. The van der Waals surface area contributed by atoms with E-state index >= 15 is 0 Å². The summed E-state index contributed by atoms with van der Waals surface area (Å²) in [6, 6.07) is 0. The minimum Gasteiger partial charge on any atom is -0.394 e. The van der Waals surface area contributed by atoms with Gasteiger partial charge in [0.15, 0.2) is 6.29 Å². The molecule has 6 N–H and O–H groups in total. The Morgan fingerprint density at radius 1 is 1.00 bits per heavy atom. The van der Waals surface area contributed by atoms with Crippen LogP contribution in [-0.4, -0.2) is 74.1 Å². The summed E-state index contributed by atoms with van der Waals surface area (Å²) in [6.45, 7) is 2.40. The molecule has 0 aromatic carbocycles. The summed E-state index contributed by atoms with van der Waals surface area (Å²) in [7, 11) is 0. The molecule has 0 saturated carbocycles. The van der Waals surface area contributed by atoms with Gasteiger partial charge in [0.25, 0.3) is 0 Å². The molecule has 16 heavy (non-hydrogen) atoms. The first-order valence-electron chi connectivity index (χ1n) is 4.74. The van der Waals surface area contributed by atoms with Gasteiger partial charge in [0, 0.05) is 0 Å². The molecular weight excluding hydrogens is 220 g/mol. The van der Waals surface area contributed by atoms with Crippen LogP contribution < -0.4 is 0 Å². The van der Waals surface area contributed by atoms with Gasteiger partial charge in [-0.2, -0.15) is 0 Å². The molecule has 5 unspecified atom stereocenters. The fourth-order valence-corrected chi connectivity index (χ4v) is 0.416. The number of rotatable bonds is 5. The Balaban J connectivity index is 0. The predicted molar refractivity (Wildman–Crippen MR) is 54.5 cm³/mol. The van der Waals surface area contributed by atoms with Crippen LogP contribution in [0.15, 0.2) is 0 Å². The van der Waals surface area contributed by atoms with Crippen molar-refractivity contribution in [3.63, 3.8) is 0 Å². The van der Waals surface area contributed by atoms with Gasteiger partial charge in [-0.15, -0.1) is 0 Å². The van der Waals surface area contributed by atoms with Crippen molar-refractivity contribution in [1.82, 2.24) is 0 Å². The summed E-state index contributed by atoms with van der Waals surface area (Å²) >= 11 is 0. The zero-order valence-electron chi connectivity index (χ0n) is 9.26. The summed E-state index contributed by atoms with van der Waals surface area (Å²) in [5, 5.41) is 50.8. The monoisotopic (exact) mass is 240 g/mol. The summed E-state index contributed by atoms with van der Waals surface area (Å²) in [5.74, 6) is 0. The second-order valence-electron chi connectivity index (χ2n) is 3.35. The molecule has 0 aromatic heterocycles. The molecule has 0 aliphatic rings. The molecule has 0 aliphatic heterocycles. The number of aldehydes is 1. The van der Waals surface area contributed by atoms with Gasteiger partial charge in [-0.05, 0) is 13.8 Å². The number of carbonyl (C=O) groups is 1. The highest BCUT2D eigenvalue weighted by molar-refractivity contribution is 5.56. The van der Waals surface area contributed by atoms with E-state index in [2.05, 4.69) is 0 Å². The lowest BCUT2D eigenvalue weighted by Gasteiger charge is -2.16. The van der Waals surface area contributed by atoms with Crippen molar-refractivity contribution in [2.75, 3.05) is 6.61 Å². The Morgan fingerprint density at radius 3 is 1.56 bits per heavy atom. The zero-order valence-corrected chi connectivity index (χ0v) is 9.26. The Kier molecular flexibility index (Phi) is 10.7. The Bertz CT molecular complexity index is 165. The van der Waals surface area contributed by atoms with Crippen molar-refractivity contribution >= 4 is 6.29 Å². The van der Waals surface area contributed by atoms with E-state index < -0.39 is 37.1 Å². The normalized spacial score (nSPS) is 19.8. The molecule has 0 aliphatic carbocycles. The predicted octanol–water partition coefficient (Wildman–Crippen LogP) is -2.99. The van der Waals surface area contributed by atoms with Crippen molar-refractivity contribution in [1.29, 1.82) is 0 Å². The van der Waals surface area contributed by atoms with E-state index in [9.17, 15) is 4.79 Å². The Hall–Kier alpha value is -0.570. The van der Waals surface area contributed by atoms with Crippen LogP contribution in [0.4, 0.5) is 0 Å². The SMILES string of the molecule is CC(O)C(C)O.O=CC(O)C(O)C(O)CO. The average molecular weight is 240 g/mol. The summed E-state index contributed by atoms with van der Waals surface area (Å²) in [6.07, 6.45) is -5.82. The fraction of sp³-hybridized carbons (Fsp3) is 0.889. The van der Waals surface area contributed by atoms with Crippen LogP contribution in [0.5, 0.6) is 0 Å². The van der Waals surface area contributed by atoms with Gasteiger partial charge < -0.3 is 35.4 Å². The van der Waals surface area contributed by atoms with Crippen LogP contribution in [0.25, 0.3) is 0 Å². The van der Waals surface area contributed by atoms with E-state index in [0.717, 1.165) is 0 Å². The standard InChI is InChI=1S/C5H10O5.C4H10O2/c6-1-3(8)5(10)4(9)2-7;1-3(5)4(2)6/h1,3-5,7-10H,2H2;3-6H,1-2H3. The number of aliphatic hydroxyl groups excluding tert-OH is 6. The van der Waals surface area contributed by atoms with Gasteiger partial charge in [0.05, 0.1) is 18.8 Å². The quantitative estimate of drug-likeness (QED) is 0.282. The minimum absolute atomic E-state index is 0.0869. The lowest BCUT2D eigenvalue weighted by molar-refractivity contribution is -0.127. The van der Waals surface area contributed by atoms with Crippen molar-refractivity contribution in [2.45, 2.75) is 44.4 Å².